The van der Waals surface area contributed by atoms with Gasteiger partial charge >= 0.3 is 5.69 Å². The third kappa shape index (κ3) is 5.07. The number of nitrogens with zero attached hydrogens (tertiary/aromatic N) is 4. The van der Waals surface area contributed by atoms with E-state index in [2.05, 4.69) is 31.1 Å². The van der Waals surface area contributed by atoms with Crippen molar-refractivity contribution in [2.45, 2.75) is 5.92 Å². The molecule has 0 radical (unpaired) electrons. The Hall–Kier alpha value is -4.86. The summed E-state index contributed by atoms with van der Waals surface area (Å²) in [6.45, 7) is 0. The summed E-state index contributed by atoms with van der Waals surface area (Å²) in [5.41, 5.74) is 6.87. The van der Waals surface area contributed by atoms with Crippen molar-refractivity contribution < 1.29 is 9.72 Å². The van der Waals surface area contributed by atoms with Gasteiger partial charge < -0.3 is 5.32 Å². The van der Waals surface area contributed by atoms with Crippen molar-refractivity contribution in [2.75, 3.05) is 10.7 Å². The smallest absolute Gasteiger partial charge is 0.334 e. The van der Waals surface area contributed by atoms with E-state index in [9.17, 15) is 14.9 Å². The van der Waals surface area contributed by atoms with Crippen LogP contribution < -0.4 is 16.2 Å². The first-order valence-electron chi connectivity index (χ1n) is 9.95. The average Bonchev–Trinajstić information content (AvgIpc) is 2.85. The number of aromatic nitrogens is 3. The molecular weight excluding hydrogens is 422 g/mol. The second kappa shape index (κ2) is 9.96. The van der Waals surface area contributed by atoms with Crippen molar-refractivity contribution >= 4 is 28.9 Å². The summed E-state index contributed by atoms with van der Waals surface area (Å²) in [7, 11) is 0. The number of hydrogen-bond donors (Lipinski definition) is 3. The molecular formula is C23H19N7O3. The zero-order valence-corrected chi connectivity index (χ0v) is 17.3. The molecule has 2 aromatic heterocycles. The third-order valence-corrected chi connectivity index (χ3v) is 4.78. The number of carbonyl (C=O) groups is 1. The maximum absolute atomic E-state index is 13.2. The zero-order valence-electron chi connectivity index (χ0n) is 17.3. The van der Waals surface area contributed by atoms with Crippen molar-refractivity contribution in [2.24, 2.45) is 0 Å². The Morgan fingerprint density at radius 3 is 2.00 bits per heavy atom. The molecule has 2 aromatic carbocycles. The van der Waals surface area contributed by atoms with Crippen LogP contribution in [-0.2, 0) is 4.79 Å². The van der Waals surface area contributed by atoms with Crippen molar-refractivity contribution in [3.63, 3.8) is 0 Å². The van der Waals surface area contributed by atoms with Crippen molar-refractivity contribution in [1.82, 2.24) is 20.4 Å². The second-order valence-electron chi connectivity index (χ2n) is 6.91. The van der Waals surface area contributed by atoms with Gasteiger partial charge in [-0.25, -0.2) is 9.97 Å². The molecule has 164 valence electrons. The number of amides is 1. The molecule has 0 bridgehead atoms. The molecule has 1 amide bonds. The quantitative estimate of drug-likeness (QED) is 0.278. The van der Waals surface area contributed by atoms with Gasteiger partial charge in [-0.2, -0.15) is 0 Å². The normalized spacial score (nSPS) is 10.5. The van der Waals surface area contributed by atoms with Crippen molar-refractivity contribution in [1.29, 1.82) is 0 Å². The Kier molecular flexibility index (Phi) is 6.45. The molecule has 0 atom stereocenters. The molecule has 4 rings (SSSR count). The molecule has 2 heterocycles. The molecule has 33 heavy (non-hydrogen) atoms. The summed E-state index contributed by atoms with van der Waals surface area (Å²) >= 11 is 0. The van der Waals surface area contributed by atoms with Crippen molar-refractivity contribution in [3.8, 4) is 0 Å². The van der Waals surface area contributed by atoms with Crippen LogP contribution in [0.5, 0.6) is 0 Å². The standard InChI is InChI=1S/C23H19N7O3/c31-23(19(16-7-3-1-4-8-16)17-9-5-2-6-10-17)29-28-22-20(30(32)33)21(25-15-26-22)27-18-11-13-24-14-12-18/h1-15,19H,(H,29,31)(H2,24,25,26,27,28). The minimum absolute atomic E-state index is 0.0272. The van der Waals surface area contributed by atoms with Gasteiger partial charge in [-0.05, 0) is 23.3 Å². The van der Waals surface area contributed by atoms with E-state index in [4.69, 9.17) is 0 Å². The number of pyridine rings is 1. The van der Waals surface area contributed by atoms with E-state index in [1.807, 2.05) is 60.7 Å². The predicted octanol–water partition coefficient (Wildman–Crippen LogP) is 3.80. The Bertz CT molecular complexity index is 1200. The molecule has 0 aliphatic heterocycles. The van der Waals surface area contributed by atoms with Gasteiger partial charge in [0.05, 0.1) is 10.8 Å². The molecule has 0 saturated heterocycles. The Labute approximate surface area is 188 Å². The number of anilines is 3. The topological polar surface area (TPSA) is 135 Å². The van der Waals surface area contributed by atoms with Gasteiger partial charge in [0.2, 0.25) is 17.5 Å². The van der Waals surface area contributed by atoms with E-state index in [1.54, 1.807) is 24.5 Å². The summed E-state index contributed by atoms with van der Waals surface area (Å²) in [5.74, 6) is -1.21. The second-order valence-corrected chi connectivity index (χ2v) is 6.91. The lowest BCUT2D eigenvalue weighted by molar-refractivity contribution is -0.383. The van der Waals surface area contributed by atoms with E-state index in [0.29, 0.717) is 5.69 Å². The Balaban J connectivity index is 1.59. The molecule has 3 N–H and O–H groups in total. The number of hydrogen-bond acceptors (Lipinski definition) is 8. The van der Waals surface area contributed by atoms with Gasteiger partial charge in [-0.3, -0.25) is 30.7 Å². The van der Waals surface area contributed by atoms with Crippen LogP contribution >= 0.6 is 0 Å². The van der Waals surface area contributed by atoms with Gasteiger partial charge in [0.25, 0.3) is 0 Å². The van der Waals surface area contributed by atoms with E-state index >= 15 is 0 Å². The van der Waals surface area contributed by atoms with Gasteiger partial charge in [-0.1, -0.05) is 60.7 Å². The highest BCUT2D eigenvalue weighted by Crippen LogP contribution is 2.31. The first-order valence-corrected chi connectivity index (χ1v) is 9.95. The molecule has 10 nitrogen and oxygen atoms in total. The number of rotatable bonds is 8. The lowest BCUT2D eigenvalue weighted by Gasteiger charge is -2.18. The van der Waals surface area contributed by atoms with Crippen LogP contribution in [0.15, 0.2) is 91.5 Å². The van der Waals surface area contributed by atoms with Gasteiger partial charge in [0, 0.05) is 18.1 Å². The molecule has 10 heteroatoms. The minimum Gasteiger partial charge on any atom is -0.334 e. The summed E-state index contributed by atoms with van der Waals surface area (Å²) in [5, 5.41) is 14.6. The first kappa shape index (κ1) is 21.4. The van der Waals surface area contributed by atoms with Gasteiger partial charge in [-0.15, -0.1) is 0 Å². The fourth-order valence-electron chi connectivity index (χ4n) is 3.29. The fourth-order valence-corrected chi connectivity index (χ4v) is 3.29. The summed E-state index contributed by atoms with van der Waals surface area (Å²) in [6, 6.07) is 21.8. The van der Waals surface area contributed by atoms with Crippen LogP contribution in [0.1, 0.15) is 17.0 Å². The lowest BCUT2D eigenvalue weighted by atomic mass is 9.91. The van der Waals surface area contributed by atoms with Crippen LogP contribution in [0.3, 0.4) is 0 Å². The first-order chi connectivity index (χ1) is 16.1. The fraction of sp³-hybridized carbons (Fsp3) is 0.0435. The predicted molar refractivity (Wildman–Crippen MR) is 123 cm³/mol. The number of benzene rings is 2. The van der Waals surface area contributed by atoms with E-state index in [1.165, 1.54) is 0 Å². The maximum atomic E-state index is 13.2. The summed E-state index contributed by atoms with van der Waals surface area (Å²) in [6.07, 6.45) is 4.25. The average molecular weight is 441 g/mol. The molecule has 4 aromatic rings. The number of carbonyl (C=O) groups excluding carboxylic acids is 1. The number of nitrogens with one attached hydrogen (secondary N) is 3. The Morgan fingerprint density at radius 1 is 0.848 bits per heavy atom. The monoisotopic (exact) mass is 441 g/mol. The van der Waals surface area contributed by atoms with Crippen LogP contribution in [0.2, 0.25) is 0 Å². The summed E-state index contributed by atoms with van der Waals surface area (Å²) < 4.78 is 0. The van der Waals surface area contributed by atoms with Crippen LogP contribution in [0.4, 0.5) is 23.0 Å². The SMILES string of the molecule is O=C(NNc1ncnc(Nc2ccncc2)c1[N+](=O)[O-])C(c1ccccc1)c1ccccc1. The van der Waals surface area contributed by atoms with Crippen molar-refractivity contribution in [3.05, 3.63) is 113 Å². The molecule has 0 spiro atoms. The van der Waals surface area contributed by atoms with Gasteiger partial charge in [0.1, 0.15) is 6.33 Å². The largest absolute Gasteiger partial charge is 0.355 e. The molecule has 0 unspecified atom stereocenters. The zero-order chi connectivity index (χ0) is 23.0. The van der Waals surface area contributed by atoms with E-state index < -0.39 is 22.4 Å². The number of hydrazine groups is 1. The Morgan fingerprint density at radius 2 is 1.42 bits per heavy atom. The highest BCUT2D eigenvalue weighted by atomic mass is 16.6. The third-order valence-electron chi connectivity index (χ3n) is 4.78. The molecule has 0 aliphatic rings. The molecule has 0 saturated carbocycles. The van der Waals surface area contributed by atoms with E-state index in [0.717, 1.165) is 17.5 Å². The minimum atomic E-state index is -0.629. The molecule has 0 aliphatic carbocycles. The van der Waals surface area contributed by atoms with Crippen LogP contribution in [0.25, 0.3) is 0 Å². The van der Waals surface area contributed by atoms with Crippen LogP contribution in [0, 0.1) is 10.1 Å². The lowest BCUT2D eigenvalue weighted by Crippen LogP contribution is -2.35. The highest BCUT2D eigenvalue weighted by Gasteiger charge is 2.26. The van der Waals surface area contributed by atoms with E-state index in [-0.39, 0.29) is 11.6 Å². The number of nitro groups is 1. The van der Waals surface area contributed by atoms with Gasteiger partial charge in [0.15, 0.2) is 0 Å². The summed E-state index contributed by atoms with van der Waals surface area (Å²) in [4.78, 5) is 36.2. The molecule has 0 fully saturated rings. The highest BCUT2D eigenvalue weighted by molar-refractivity contribution is 5.88. The van der Waals surface area contributed by atoms with Crippen LogP contribution in [-0.4, -0.2) is 25.8 Å². The maximum Gasteiger partial charge on any atom is 0.355 e.